The van der Waals surface area contributed by atoms with Crippen LogP contribution in [0.15, 0.2) is 18.2 Å². The lowest BCUT2D eigenvalue weighted by Gasteiger charge is -2.04. The highest BCUT2D eigenvalue weighted by Crippen LogP contribution is 2.18. The van der Waals surface area contributed by atoms with Crippen LogP contribution in [0, 0.1) is 6.92 Å². The number of hydrogen-bond donors (Lipinski definition) is 3. The Hall–Kier alpha value is -1.06. The molecule has 60 valence electrons. The van der Waals surface area contributed by atoms with Crippen molar-refractivity contribution in [3.05, 3.63) is 29.3 Å². The zero-order chi connectivity index (χ0) is 8.43. The molecule has 0 fully saturated rings. The standard InChI is InChI=1S/C8H10O3/c1-5-2-6(8(10)11)4-7(9)3-5/h2-4,8-11H,1H3. The van der Waals surface area contributed by atoms with Crippen LogP contribution < -0.4 is 0 Å². The van der Waals surface area contributed by atoms with Gasteiger partial charge in [-0.2, -0.15) is 0 Å². The predicted octanol–water partition coefficient (Wildman–Crippen LogP) is 0.684. The predicted molar refractivity (Wildman–Crippen MR) is 40.0 cm³/mol. The molecule has 0 aliphatic heterocycles. The number of benzene rings is 1. The third-order valence-corrected chi connectivity index (χ3v) is 1.38. The van der Waals surface area contributed by atoms with Crippen LogP contribution in [0.3, 0.4) is 0 Å². The van der Waals surface area contributed by atoms with Crippen LogP contribution in [0.25, 0.3) is 0 Å². The van der Waals surface area contributed by atoms with E-state index in [1.54, 1.807) is 19.1 Å². The summed E-state index contributed by atoms with van der Waals surface area (Å²) in [6, 6.07) is 4.47. The van der Waals surface area contributed by atoms with Gasteiger partial charge in [0.05, 0.1) is 0 Å². The highest BCUT2D eigenvalue weighted by molar-refractivity contribution is 5.33. The first-order chi connectivity index (χ1) is 5.09. The van der Waals surface area contributed by atoms with Crippen molar-refractivity contribution in [1.29, 1.82) is 0 Å². The third-order valence-electron chi connectivity index (χ3n) is 1.38. The fourth-order valence-corrected chi connectivity index (χ4v) is 0.941. The molecule has 3 nitrogen and oxygen atoms in total. The van der Waals surface area contributed by atoms with Gasteiger partial charge in [-0.25, -0.2) is 0 Å². The number of aliphatic hydroxyl groups is 2. The van der Waals surface area contributed by atoms with Crippen molar-refractivity contribution < 1.29 is 15.3 Å². The van der Waals surface area contributed by atoms with E-state index in [0.717, 1.165) is 5.56 Å². The lowest BCUT2D eigenvalue weighted by molar-refractivity contribution is -0.0426. The van der Waals surface area contributed by atoms with Gasteiger partial charge in [0.1, 0.15) is 5.75 Å². The average molecular weight is 154 g/mol. The number of aliphatic hydroxyl groups excluding tert-OH is 1. The number of aryl methyl sites for hydroxylation is 1. The summed E-state index contributed by atoms with van der Waals surface area (Å²) < 4.78 is 0. The van der Waals surface area contributed by atoms with E-state index in [4.69, 9.17) is 15.3 Å². The summed E-state index contributed by atoms with van der Waals surface area (Å²) in [7, 11) is 0. The van der Waals surface area contributed by atoms with Gasteiger partial charge in [0.15, 0.2) is 6.29 Å². The molecule has 3 heteroatoms. The molecule has 0 amide bonds. The molecule has 0 heterocycles. The van der Waals surface area contributed by atoms with E-state index in [1.807, 2.05) is 0 Å². The second kappa shape index (κ2) is 2.90. The minimum atomic E-state index is -1.51. The summed E-state index contributed by atoms with van der Waals surface area (Å²) in [6.07, 6.45) is -1.51. The van der Waals surface area contributed by atoms with Gasteiger partial charge in [-0.05, 0) is 24.6 Å². The Morgan fingerprint density at radius 2 is 1.82 bits per heavy atom. The molecule has 0 aromatic heterocycles. The molecule has 0 bridgehead atoms. The summed E-state index contributed by atoms with van der Waals surface area (Å²) in [5.74, 6) is 0.0492. The van der Waals surface area contributed by atoms with E-state index >= 15 is 0 Å². The van der Waals surface area contributed by atoms with Crippen LogP contribution >= 0.6 is 0 Å². The summed E-state index contributed by atoms with van der Waals surface area (Å²) in [5.41, 5.74) is 1.11. The Kier molecular flexibility index (Phi) is 2.12. The van der Waals surface area contributed by atoms with Gasteiger partial charge in [0.25, 0.3) is 0 Å². The second-order valence-electron chi connectivity index (χ2n) is 2.48. The van der Waals surface area contributed by atoms with Crippen molar-refractivity contribution in [2.75, 3.05) is 0 Å². The summed E-state index contributed by atoms with van der Waals surface area (Å²) in [6.45, 7) is 1.77. The quantitative estimate of drug-likeness (QED) is 0.521. The molecule has 0 aliphatic carbocycles. The first kappa shape index (κ1) is 8.04. The molecule has 0 unspecified atom stereocenters. The summed E-state index contributed by atoms with van der Waals surface area (Å²) >= 11 is 0. The van der Waals surface area contributed by atoms with Gasteiger partial charge >= 0.3 is 0 Å². The van der Waals surface area contributed by atoms with Crippen molar-refractivity contribution in [3.8, 4) is 5.75 Å². The van der Waals surface area contributed by atoms with E-state index in [-0.39, 0.29) is 5.75 Å². The van der Waals surface area contributed by atoms with E-state index in [0.29, 0.717) is 5.56 Å². The molecule has 11 heavy (non-hydrogen) atoms. The average Bonchev–Trinajstić information content (AvgIpc) is 1.85. The van der Waals surface area contributed by atoms with Crippen LogP contribution in [0.5, 0.6) is 5.75 Å². The first-order valence-corrected chi connectivity index (χ1v) is 3.26. The number of hydrogen-bond acceptors (Lipinski definition) is 3. The topological polar surface area (TPSA) is 60.7 Å². The molecule has 3 N–H and O–H groups in total. The molecular weight excluding hydrogens is 144 g/mol. The molecule has 1 aromatic carbocycles. The Labute approximate surface area is 64.5 Å². The SMILES string of the molecule is Cc1cc(O)cc(C(O)O)c1. The van der Waals surface area contributed by atoms with Crippen LogP contribution in [-0.4, -0.2) is 15.3 Å². The number of phenolic OH excluding ortho intramolecular Hbond substituents is 1. The van der Waals surface area contributed by atoms with Gasteiger partial charge in [-0.15, -0.1) is 0 Å². The molecule has 0 radical (unpaired) electrons. The van der Waals surface area contributed by atoms with Crippen molar-refractivity contribution in [2.45, 2.75) is 13.2 Å². The minimum absolute atomic E-state index is 0.0492. The fourth-order valence-electron chi connectivity index (χ4n) is 0.941. The van der Waals surface area contributed by atoms with Crippen LogP contribution in [-0.2, 0) is 0 Å². The number of phenols is 1. The van der Waals surface area contributed by atoms with Crippen LogP contribution in [0.4, 0.5) is 0 Å². The lowest BCUT2D eigenvalue weighted by Crippen LogP contribution is -1.94. The zero-order valence-corrected chi connectivity index (χ0v) is 6.15. The molecule has 0 atom stereocenters. The normalized spacial score (nSPS) is 10.5. The highest BCUT2D eigenvalue weighted by Gasteiger charge is 2.03. The maximum absolute atomic E-state index is 9.02. The molecule has 0 spiro atoms. The summed E-state index contributed by atoms with van der Waals surface area (Å²) in [4.78, 5) is 0. The van der Waals surface area contributed by atoms with E-state index in [2.05, 4.69) is 0 Å². The summed E-state index contributed by atoms with van der Waals surface area (Å²) in [5, 5.41) is 26.5. The largest absolute Gasteiger partial charge is 0.508 e. The Bertz CT molecular complexity index is 235. The monoisotopic (exact) mass is 154 g/mol. The van der Waals surface area contributed by atoms with Gasteiger partial charge < -0.3 is 15.3 Å². The zero-order valence-electron chi connectivity index (χ0n) is 6.15. The Morgan fingerprint density at radius 1 is 1.18 bits per heavy atom. The number of aromatic hydroxyl groups is 1. The minimum Gasteiger partial charge on any atom is -0.508 e. The fraction of sp³-hybridized carbons (Fsp3) is 0.250. The second-order valence-corrected chi connectivity index (χ2v) is 2.48. The molecule has 0 saturated heterocycles. The van der Waals surface area contributed by atoms with E-state index in [9.17, 15) is 0 Å². The first-order valence-electron chi connectivity index (χ1n) is 3.26. The molecule has 0 aliphatic rings. The van der Waals surface area contributed by atoms with E-state index < -0.39 is 6.29 Å². The van der Waals surface area contributed by atoms with Crippen molar-refractivity contribution >= 4 is 0 Å². The third kappa shape index (κ3) is 1.93. The Balaban J connectivity index is 3.08. The molecule has 1 rings (SSSR count). The molecular formula is C8H10O3. The van der Waals surface area contributed by atoms with Gasteiger partial charge in [-0.3, -0.25) is 0 Å². The van der Waals surface area contributed by atoms with E-state index in [1.165, 1.54) is 6.07 Å². The van der Waals surface area contributed by atoms with Crippen LogP contribution in [0.1, 0.15) is 17.4 Å². The maximum atomic E-state index is 9.02. The smallest absolute Gasteiger partial charge is 0.178 e. The van der Waals surface area contributed by atoms with Crippen molar-refractivity contribution in [3.63, 3.8) is 0 Å². The Morgan fingerprint density at radius 3 is 2.27 bits per heavy atom. The van der Waals surface area contributed by atoms with Gasteiger partial charge in [0.2, 0.25) is 0 Å². The van der Waals surface area contributed by atoms with Gasteiger partial charge in [-0.1, -0.05) is 6.07 Å². The highest BCUT2D eigenvalue weighted by atomic mass is 16.5. The lowest BCUT2D eigenvalue weighted by atomic mass is 10.1. The van der Waals surface area contributed by atoms with Gasteiger partial charge in [0, 0.05) is 5.56 Å². The van der Waals surface area contributed by atoms with Crippen molar-refractivity contribution in [1.82, 2.24) is 0 Å². The molecule has 1 aromatic rings. The molecule has 0 saturated carbocycles. The maximum Gasteiger partial charge on any atom is 0.178 e. The number of rotatable bonds is 1. The van der Waals surface area contributed by atoms with Crippen molar-refractivity contribution in [2.24, 2.45) is 0 Å². The van der Waals surface area contributed by atoms with Crippen LogP contribution in [0.2, 0.25) is 0 Å².